The van der Waals surface area contributed by atoms with E-state index >= 15 is 0 Å². The number of thioether (sulfide) groups is 1. The number of anilines is 1. The third-order valence-corrected chi connectivity index (χ3v) is 4.00. The van der Waals surface area contributed by atoms with E-state index in [0.717, 1.165) is 42.4 Å². The highest BCUT2D eigenvalue weighted by Crippen LogP contribution is 2.26. The van der Waals surface area contributed by atoms with Gasteiger partial charge in [0.1, 0.15) is 6.07 Å². The SMILES string of the molecule is CSc1cccc(NCC2CN(C)CCO2)c1C#N. The predicted octanol–water partition coefficient (Wildman–Crippen LogP) is 2.02. The Labute approximate surface area is 118 Å². The van der Waals surface area contributed by atoms with Crippen LogP contribution in [0.3, 0.4) is 0 Å². The fourth-order valence-electron chi connectivity index (χ4n) is 2.18. The zero-order valence-corrected chi connectivity index (χ0v) is 12.2. The van der Waals surface area contributed by atoms with Gasteiger partial charge in [0.05, 0.1) is 24.0 Å². The zero-order chi connectivity index (χ0) is 13.7. The monoisotopic (exact) mass is 277 g/mol. The molecule has 0 saturated carbocycles. The average molecular weight is 277 g/mol. The Hall–Kier alpha value is -1.22. The number of rotatable bonds is 4. The van der Waals surface area contributed by atoms with Crippen LogP contribution in [0.4, 0.5) is 5.69 Å². The summed E-state index contributed by atoms with van der Waals surface area (Å²) in [5.41, 5.74) is 1.62. The van der Waals surface area contributed by atoms with E-state index in [0.29, 0.717) is 0 Å². The van der Waals surface area contributed by atoms with Crippen LogP contribution in [0.2, 0.25) is 0 Å². The lowest BCUT2D eigenvalue weighted by Crippen LogP contribution is -2.43. The van der Waals surface area contributed by atoms with Crippen LogP contribution in [0, 0.1) is 11.3 Å². The molecular formula is C14H19N3OS. The zero-order valence-electron chi connectivity index (χ0n) is 11.3. The fraction of sp³-hybridized carbons (Fsp3) is 0.500. The lowest BCUT2D eigenvalue weighted by atomic mass is 10.2. The molecule has 4 nitrogen and oxygen atoms in total. The van der Waals surface area contributed by atoms with Gasteiger partial charge in [-0.15, -0.1) is 11.8 Å². The van der Waals surface area contributed by atoms with Crippen LogP contribution >= 0.6 is 11.8 Å². The molecular weight excluding hydrogens is 258 g/mol. The van der Waals surface area contributed by atoms with E-state index in [1.54, 1.807) is 11.8 Å². The summed E-state index contributed by atoms with van der Waals surface area (Å²) in [5.74, 6) is 0. The van der Waals surface area contributed by atoms with Gasteiger partial charge in [-0.2, -0.15) is 5.26 Å². The molecule has 19 heavy (non-hydrogen) atoms. The molecule has 1 heterocycles. The van der Waals surface area contributed by atoms with Crippen LogP contribution in [0.5, 0.6) is 0 Å². The minimum Gasteiger partial charge on any atom is -0.381 e. The number of hydrogen-bond acceptors (Lipinski definition) is 5. The Morgan fingerprint density at radius 1 is 1.58 bits per heavy atom. The average Bonchev–Trinajstić information content (AvgIpc) is 2.44. The molecule has 2 rings (SSSR count). The maximum Gasteiger partial charge on any atom is 0.102 e. The Kier molecular flexibility index (Phi) is 5.08. The van der Waals surface area contributed by atoms with Crippen molar-refractivity contribution in [2.24, 2.45) is 0 Å². The second-order valence-corrected chi connectivity index (χ2v) is 5.48. The van der Waals surface area contributed by atoms with Crippen molar-refractivity contribution in [2.75, 3.05) is 44.9 Å². The quantitative estimate of drug-likeness (QED) is 0.853. The molecule has 0 bridgehead atoms. The van der Waals surface area contributed by atoms with Gasteiger partial charge >= 0.3 is 0 Å². The third kappa shape index (κ3) is 3.63. The van der Waals surface area contributed by atoms with Crippen LogP contribution in [0.25, 0.3) is 0 Å². The number of nitrogens with one attached hydrogen (secondary N) is 1. The Morgan fingerprint density at radius 3 is 3.11 bits per heavy atom. The molecule has 1 unspecified atom stereocenters. The van der Waals surface area contributed by atoms with Crippen LogP contribution in [-0.2, 0) is 4.74 Å². The first-order valence-corrected chi connectivity index (χ1v) is 7.58. The number of nitrogens with zero attached hydrogens (tertiary/aromatic N) is 2. The highest BCUT2D eigenvalue weighted by Gasteiger charge is 2.18. The van der Waals surface area contributed by atoms with Crippen molar-refractivity contribution < 1.29 is 4.74 Å². The molecule has 1 aromatic rings. The van der Waals surface area contributed by atoms with Gasteiger partial charge in [-0.25, -0.2) is 0 Å². The molecule has 1 aliphatic heterocycles. The molecule has 0 amide bonds. The minimum absolute atomic E-state index is 0.184. The van der Waals surface area contributed by atoms with Gasteiger partial charge in [-0.05, 0) is 25.4 Å². The molecule has 5 heteroatoms. The minimum atomic E-state index is 0.184. The summed E-state index contributed by atoms with van der Waals surface area (Å²) in [5, 5.41) is 12.6. The van der Waals surface area contributed by atoms with E-state index in [1.807, 2.05) is 24.5 Å². The molecule has 0 aromatic heterocycles. The molecule has 1 saturated heterocycles. The van der Waals surface area contributed by atoms with Crippen LogP contribution in [0.15, 0.2) is 23.1 Å². The molecule has 1 fully saturated rings. The number of hydrogen-bond donors (Lipinski definition) is 1. The van der Waals surface area contributed by atoms with Gasteiger partial charge in [0.15, 0.2) is 0 Å². The summed E-state index contributed by atoms with van der Waals surface area (Å²) >= 11 is 1.59. The highest BCUT2D eigenvalue weighted by atomic mass is 32.2. The second kappa shape index (κ2) is 6.80. The Bertz CT molecular complexity index is 472. The molecule has 1 aromatic carbocycles. The normalized spacial score (nSPS) is 19.9. The van der Waals surface area contributed by atoms with E-state index in [9.17, 15) is 5.26 Å². The van der Waals surface area contributed by atoms with Crippen molar-refractivity contribution in [1.82, 2.24) is 4.90 Å². The molecule has 0 aliphatic carbocycles. The van der Waals surface area contributed by atoms with E-state index in [1.165, 1.54) is 0 Å². The summed E-state index contributed by atoms with van der Waals surface area (Å²) in [6, 6.07) is 8.17. The second-order valence-electron chi connectivity index (χ2n) is 4.63. The van der Waals surface area contributed by atoms with Crippen molar-refractivity contribution in [3.8, 4) is 6.07 Å². The largest absolute Gasteiger partial charge is 0.381 e. The van der Waals surface area contributed by atoms with Crippen LogP contribution in [0.1, 0.15) is 5.56 Å². The summed E-state index contributed by atoms with van der Waals surface area (Å²) < 4.78 is 5.71. The van der Waals surface area contributed by atoms with Gasteiger partial charge in [0.25, 0.3) is 0 Å². The maximum atomic E-state index is 9.27. The van der Waals surface area contributed by atoms with E-state index < -0.39 is 0 Å². The lowest BCUT2D eigenvalue weighted by Gasteiger charge is -2.30. The number of benzene rings is 1. The first-order valence-electron chi connectivity index (χ1n) is 6.35. The fourth-order valence-corrected chi connectivity index (χ4v) is 2.75. The Balaban J connectivity index is 2.01. The molecule has 1 atom stereocenters. The van der Waals surface area contributed by atoms with Crippen molar-refractivity contribution >= 4 is 17.4 Å². The summed E-state index contributed by atoms with van der Waals surface area (Å²) in [6.07, 6.45) is 2.17. The number of likely N-dealkylation sites (N-methyl/N-ethyl adjacent to an activating group) is 1. The van der Waals surface area contributed by atoms with Gasteiger partial charge in [-0.3, -0.25) is 0 Å². The van der Waals surface area contributed by atoms with E-state index in [4.69, 9.17) is 4.74 Å². The lowest BCUT2D eigenvalue weighted by molar-refractivity contribution is -0.0117. The van der Waals surface area contributed by atoms with Crippen molar-refractivity contribution in [3.63, 3.8) is 0 Å². The first-order chi connectivity index (χ1) is 9.24. The van der Waals surface area contributed by atoms with Crippen LogP contribution in [-0.4, -0.2) is 50.5 Å². The molecule has 1 N–H and O–H groups in total. The number of morpholine rings is 1. The highest BCUT2D eigenvalue weighted by molar-refractivity contribution is 7.98. The van der Waals surface area contributed by atoms with E-state index in [2.05, 4.69) is 23.3 Å². The third-order valence-electron chi connectivity index (χ3n) is 3.22. The standard InChI is InChI=1S/C14H19N3OS/c1-17-6-7-18-11(10-17)9-16-13-4-3-5-14(19-2)12(13)8-15/h3-5,11,16H,6-7,9-10H2,1-2H3. The smallest absolute Gasteiger partial charge is 0.102 e. The van der Waals surface area contributed by atoms with Gasteiger partial charge in [-0.1, -0.05) is 6.07 Å². The Morgan fingerprint density at radius 2 is 2.42 bits per heavy atom. The molecule has 102 valence electrons. The van der Waals surface area contributed by atoms with Crippen molar-refractivity contribution in [1.29, 1.82) is 5.26 Å². The summed E-state index contributed by atoms with van der Waals surface area (Å²) in [4.78, 5) is 3.27. The molecule has 0 radical (unpaired) electrons. The summed E-state index contributed by atoms with van der Waals surface area (Å²) in [7, 11) is 2.10. The van der Waals surface area contributed by atoms with Gasteiger partial charge in [0, 0.05) is 24.5 Å². The maximum absolute atomic E-state index is 9.27. The number of nitriles is 1. The summed E-state index contributed by atoms with van der Waals surface area (Å²) in [6.45, 7) is 3.43. The number of ether oxygens (including phenoxy) is 1. The van der Waals surface area contributed by atoms with Crippen molar-refractivity contribution in [3.05, 3.63) is 23.8 Å². The predicted molar refractivity (Wildman–Crippen MR) is 78.7 cm³/mol. The molecule has 1 aliphatic rings. The van der Waals surface area contributed by atoms with E-state index in [-0.39, 0.29) is 6.10 Å². The molecule has 0 spiro atoms. The van der Waals surface area contributed by atoms with Crippen molar-refractivity contribution in [2.45, 2.75) is 11.0 Å². The van der Waals surface area contributed by atoms with Gasteiger partial charge < -0.3 is 15.0 Å². The first kappa shape index (κ1) is 14.2. The van der Waals surface area contributed by atoms with Crippen LogP contribution < -0.4 is 5.32 Å². The topological polar surface area (TPSA) is 48.3 Å². The van der Waals surface area contributed by atoms with Gasteiger partial charge in [0.2, 0.25) is 0 Å².